The molecule has 18 heavy (non-hydrogen) atoms. The third-order valence-electron chi connectivity index (χ3n) is 3.81. The zero-order chi connectivity index (χ0) is 13.2. The number of hydrogen-bond donors (Lipinski definition) is 0. The van der Waals surface area contributed by atoms with Crippen molar-refractivity contribution < 1.29 is 23.8 Å². The van der Waals surface area contributed by atoms with Crippen molar-refractivity contribution in [2.75, 3.05) is 13.2 Å². The summed E-state index contributed by atoms with van der Waals surface area (Å²) in [5, 5.41) is 0. The average molecular weight is 256 g/mol. The van der Waals surface area contributed by atoms with Gasteiger partial charge in [0.05, 0.1) is 24.2 Å². The second-order valence-corrected chi connectivity index (χ2v) is 5.02. The van der Waals surface area contributed by atoms with Crippen molar-refractivity contribution in [2.45, 2.75) is 51.7 Å². The monoisotopic (exact) mass is 256 g/mol. The summed E-state index contributed by atoms with van der Waals surface area (Å²) >= 11 is 0. The molecule has 0 N–H and O–H groups in total. The van der Waals surface area contributed by atoms with Crippen LogP contribution in [-0.4, -0.2) is 37.4 Å². The van der Waals surface area contributed by atoms with Crippen LogP contribution in [0.25, 0.3) is 0 Å². The van der Waals surface area contributed by atoms with Gasteiger partial charge in [0.2, 0.25) is 0 Å². The predicted molar refractivity (Wildman–Crippen MR) is 62.8 cm³/mol. The molecular weight excluding hydrogens is 236 g/mol. The summed E-state index contributed by atoms with van der Waals surface area (Å²) in [5.41, 5.74) is -0.499. The molecule has 102 valence electrons. The lowest BCUT2D eigenvalue weighted by Gasteiger charge is -2.24. The maximum absolute atomic E-state index is 12.1. The highest BCUT2D eigenvalue weighted by Crippen LogP contribution is 2.50. The van der Waals surface area contributed by atoms with Crippen molar-refractivity contribution in [3.05, 3.63) is 0 Å². The molecule has 0 radical (unpaired) electrons. The molecule has 1 aliphatic carbocycles. The van der Waals surface area contributed by atoms with E-state index in [-0.39, 0.29) is 30.8 Å². The maximum Gasteiger partial charge on any atom is 0.314 e. The molecule has 0 amide bonds. The summed E-state index contributed by atoms with van der Waals surface area (Å²) in [6, 6.07) is 0. The Morgan fingerprint density at radius 1 is 1.39 bits per heavy atom. The smallest absolute Gasteiger partial charge is 0.314 e. The minimum Gasteiger partial charge on any atom is -0.465 e. The fourth-order valence-corrected chi connectivity index (χ4v) is 3.06. The lowest BCUT2D eigenvalue weighted by Crippen LogP contribution is -2.36. The van der Waals surface area contributed by atoms with Gasteiger partial charge in [-0.1, -0.05) is 0 Å². The molecule has 5 nitrogen and oxygen atoms in total. The van der Waals surface area contributed by atoms with Gasteiger partial charge in [0.25, 0.3) is 0 Å². The third kappa shape index (κ3) is 2.36. The Morgan fingerprint density at radius 2 is 2.17 bits per heavy atom. The summed E-state index contributed by atoms with van der Waals surface area (Å²) in [7, 11) is 0. The van der Waals surface area contributed by atoms with Gasteiger partial charge in [-0.15, -0.1) is 0 Å². The molecule has 5 heteroatoms. The largest absolute Gasteiger partial charge is 0.465 e. The van der Waals surface area contributed by atoms with Crippen LogP contribution in [0.2, 0.25) is 0 Å². The molecule has 1 saturated heterocycles. The van der Waals surface area contributed by atoms with Crippen LogP contribution in [0, 0.1) is 5.41 Å². The molecule has 0 spiro atoms. The Hall–Kier alpha value is -1.10. The van der Waals surface area contributed by atoms with Crippen molar-refractivity contribution >= 4 is 11.9 Å². The van der Waals surface area contributed by atoms with Gasteiger partial charge >= 0.3 is 11.9 Å². The number of carbonyl (C=O) groups excluding carboxylic acids is 2. The SMILES string of the molecule is CCOC(=O)[C@@]12CCC[C@@H]1O[C@@H](COC(C)=O)C2. The van der Waals surface area contributed by atoms with E-state index in [4.69, 9.17) is 14.2 Å². The minimum absolute atomic E-state index is 0.0721. The Kier molecular flexibility index (Phi) is 3.90. The summed E-state index contributed by atoms with van der Waals surface area (Å²) in [6.07, 6.45) is 3.04. The Morgan fingerprint density at radius 3 is 2.83 bits per heavy atom. The van der Waals surface area contributed by atoms with Crippen molar-refractivity contribution in [2.24, 2.45) is 5.41 Å². The van der Waals surface area contributed by atoms with Gasteiger partial charge in [0, 0.05) is 6.92 Å². The molecule has 1 saturated carbocycles. The van der Waals surface area contributed by atoms with E-state index in [0.29, 0.717) is 13.0 Å². The second-order valence-electron chi connectivity index (χ2n) is 5.02. The van der Waals surface area contributed by atoms with Gasteiger partial charge in [-0.3, -0.25) is 9.59 Å². The minimum atomic E-state index is -0.499. The maximum atomic E-state index is 12.1. The van der Waals surface area contributed by atoms with Gasteiger partial charge in [0.1, 0.15) is 6.61 Å². The van der Waals surface area contributed by atoms with Crippen LogP contribution in [-0.2, 0) is 23.8 Å². The average Bonchev–Trinajstić information content (AvgIpc) is 2.83. The van der Waals surface area contributed by atoms with Crippen LogP contribution >= 0.6 is 0 Å². The van der Waals surface area contributed by atoms with Crippen LogP contribution in [0.3, 0.4) is 0 Å². The first-order valence-electron chi connectivity index (χ1n) is 6.54. The third-order valence-corrected chi connectivity index (χ3v) is 3.81. The first-order chi connectivity index (χ1) is 8.58. The molecule has 1 heterocycles. The van der Waals surface area contributed by atoms with E-state index in [1.54, 1.807) is 0 Å². The van der Waals surface area contributed by atoms with Crippen molar-refractivity contribution in [3.8, 4) is 0 Å². The normalized spacial score (nSPS) is 34.1. The molecular formula is C13H20O5. The van der Waals surface area contributed by atoms with E-state index in [1.165, 1.54) is 6.92 Å². The van der Waals surface area contributed by atoms with E-state index >= 15 is 0 Å². The molecule has 0 unspecified atom stereocenters. The molecule has 0 bridgehead atoms. The molecule has 0 aromatic carbocycles. The van der Waals surface area contributed by atoms with Crippen LogP contribution in [0.1, 0.15) is 39.5 Å². The number of ether oxygens (including phenoxy) is 3. The van der Waals surface area contributed by atoms with Gasteiger partial charge in [0.15, 0.2) is 0 Å². The fourth-order valence-electron chi connectivity index (χ4n) is 3.06. The molecule has 3 atom stereocenters. The van der Waals surface area contributed by atoms with Crippen LogP contribution < -0.4 is 0 Å². The van der Waals surface area contributed by atoms with E-state index in [9.17, 15) is 9.59 Å². The standard InChI is InChI=1S/C13H20O5/c1-3-16-12(15)13-6-4-5-11(13)18-10(7-13)8-17-9(2)14/h10-11H,3-8H2,1-2H3/t10-,11+,13-/m1/s1. The number of fused-ring (bicyclic) bond motifs is 1. The van der Waals surface area contributed by atoms with Crippen molar-refractivity contribution in [3.63, 3.8) is 0 Å². The highest BCUT2D eigenvalue weighted by molar-refractivity contribution is 5.78. The lowest BCUT2D eigenvalue weighted by atomic mass is 9.81. The van der Waals surface area contributed by atoms with Crippen molar-refractivity contribution in [1.82, 2.24) is 0 Å². The number of esters is 2. The van der Waals surface area contributed by atoms with Gasteiger partial charge in [-0.2, -0.15) is 0 Å². The summed E-state index contributed by atoms with van der Waals surface area (Å²) in [6.45, 7) is 3.80. The van der Waals surface area contributed by atoms with Gasteiger partial charge in [-0.05, 0) is 32.6 Å². The highest BCUT2D eigenvalue weighted by atomic mass is 16.6. The summed E-state index contributed by atoms with van der Waals surface area (Å²) in [4.78, 5) is 22.9. The first-order valence-corrected chi connectivity index (χ1v) is 6.54. The number of carbonyl (C=O) groups is 2. The topological polar surface area (TPSA) is 61.8 Å². The Bertz CT molecular complexity index is 340. The molecule has 2 rings (SSSR count). The van der Waals surface area contributed by atoms with Crippen LogP contribution in [0.15, 0.2) is 0 Å². The van der Waals surface area contributed by atoms with Gasteiger partial charge < -0.3 is 14.2 Å². The predicted octanol–water partition coefficient (Wildman–Crippen LogP) is 1.44. The zero-order valence-electron chi connectivity index (χ0n) is 10.9. The first kappa shape index (κ1) is 13.3. The van der Waals surface area contributed by atoms with E-state index in [1.807, 2.05) is 6.92 Å². The van der Waals surface area contributed by atoms with E-state index < -0.39 is 5.41 Å². The van der Waals surface area contributed by atoms with E-state index in [0.717, 1.165) is 19.3 Å². The van der Waals surface area contributed by atoms with Crippen molar-refractivity contribution in [1.29, 1.82) is 0 Å². The number of rotatable bonds is 4. The molecule has 1 aliphatic heterocycles. The Labute approximate surface area is 107 Å². The summed E-state index contributed by atoms with van der Waals surface area (Å²) in [5.74, 6) is -0.473. The molecule has 0 aromatic heterocycles. The second kappa shape index (κ2) is 5.26. The van der Waals surface area contributed by atoms with Crippen LogP contribution in [0.4, 0.5) is 0 Å². The van der Waals surface area contributed by atoms with Gasteiger partial charge in [-0.25, -0.2) is 0 Å². The fraction of sp³-hybridized carbons (Fsp3) is 0.846. The Balaban J connectivity index is 2.00. The van der Waals surface area contributed by atoms with Crippen LogP contribution in [0.5, 0.6) is 0 Å². The highest BCUT2D eigenvalue weighted by Gasteiger charge is 2.57. The molecule has 2 fully saturated rings. The lowest BCUT2D eigenvalue weighted by molar-refractivity contribution is -0.157. The van der Waals surface area contributed by atoms with E-state index in [2.05, 4.69) is 0 Å². The molecule has 0 aromatic rings. The summed E-state index contributed by atoms with van der Waals surface area (Å²) < 4.78 is 16.0. The quantitative estimate of drug-likeness (QED) is 0.712. The number of hydrogen-bond acceptors (Lipinski definition) is 5. The molecule has 2 aliphatic rings. The zero-order valence-corrected chi connectivity index (χ0v) is 10.9.